The molecule has 0 aliphatic heterocycles. The van der Waals surface area contributed by atoms with Gasteiger partial charge in [-0.05, 0) is 12.1 Å². The van der Waals surface area contributed by atoms with Gasteiger partial charge in [-0.3, -0.25) is 5.10 Å². The Morgan fingerprint density at radius 2 is 2.17 bits per heavy atom. The van der Waals surface area contributed by atoms with Crippen molar-refractivity contribution in [2.75, 3.05) is 6.61 Å². The minimum atomic E-state index is -4.42. The van der Waals surface area contributed by atoms with Crippen LogP contribution in [-0.4, -0.2) is 34.1 Å². The van der Waals surface area contributed by atoms with Crippen LogP contribution in [0.25, 0.3) is 10.9 Å². The molecule has 1 aromatic heterocycles. The number of benzene rings is 1. The van der Waals surface area contributed by atoms with E-state index in [0.29, 0.717) is 10.9 Å². The first kappa shape index (κ1) is 12.2. The number of hydrogen-bond acceptors (Lipinski definition) is 3. The van der Waals surface area contributed by atoms with E-state index in [-0.39, 0.29) is 11.4 Å². The fourth-order valence-corrected chi connectivity index (χ4v) is 1.42. The van der Waals surface area contributed by atoms with Gasteiger partial charge in [-0.25, -0.2) is 4.79 Å². The minimum absolute atomic E-state index is 0.0135. The summed E-state index contributed by atoms with van der Waals surface area (Å²) in [4.78, 5) is 10.8. The van der Waals surface area contributed by atoms with Crippen molar-refractivity contribution in [3.05, 3.63) is 23.9 Å². The van der Waals surface area contributed by atoms with Crippen molar-refractivity contribution in [3.63, 3.8) is 0 Å². The average molecular weight is 260 g/mol. The zero-order chi connectivity index (χ0) is 13.3. The molecule has 0 amide bonds. The van der Waals surface area contributed by atoms with E-state index in [1.54, 1.807) is 0 Å². The number of nitrogens with zero attached hydrogens (tertiary/aromatic N) is 1. The highest BCUT2D eigenvalue weighted by Gasteiger charge is 2.28. The summed E-state index contributed by atoms with van der Waals surface area (Å²) in [5.74, 6) is -1.23. The van der Waals surface area contributed by atoms with Gasteiger partial charge in [-0.2, -0.15) is 18.3 Å². The monoisotopic (exact) mass is 260 g/mol. The summed E-state index contributed by atoms with van der Waals surface area (Å²) < 4.78 is 40.4. The van der Waals surface area contributed by atoms with E-state index >= 15 is 0 Å². The van der Waals surface area contributed by atoms with Crippen molar-refractivity contribution in [2.24, 2.45) is 0 Å². The number of nitrogens with one attached hydrogen (secondary N) is 1. The summed E-state index contributed by atoms with van der Waals surface area (Å²) in [5, 5.41) is 15.1. The van der Waals surface area contributed by atoms with Gasteiger partial charge in [0.05, 0.1) is 5.52 Å². The molecule has 2 aromatic rings. The molecule has 0 aliphatic carbocycles. The second-order valence-corrected chi connectivity index (χ2v) is 3.49. The van der Waals surface area contributed by atoms with Crippen molar-refractivity contribution in [3.8, 4) is 5.75 Å². The van der Waals surface area contributed by atoms with Crippen LogP contribution < -0.4 is 4.74 Å². The molecular formula is C10H7F3N2O3. The summed E-state index contributed by atoms with van der Waals surface area (Å²) in [6.07, 6.45) is -4.42. The van der Waals surface area contributed by atoms with Crippen molar-refractivity contribution >= 4 is 16.9 Å². The molecule has 0 saturated carbocycles. The topological polar surface area (TPSA) is 75.2 Å². The first-order valence-electron chi connectivity index (χ1n) is 4.78. The number of halogens is 3. The van der Waals surface area contributed by atoms with Crippen molar-refractivity contribution < 1.29 is 27.8 Å². The van der Waals surface area contributed by atoms with Crippen LogP contribution in [-0.2, 0) is 0 Å². The van der Waals surface area contributed by atoms with Crippen LogP contribution in [0.1, 0.15) is 10.5 Å². The number of hydrogen-bond donors (Lipinski definition) is 2. The Labute approximate surface area is 98.2 Å². The zero-order valence-electron chi connectivity index (χ0n) is 8.78. The molecule has 0 atom stereocenters. The second kappa shape index (κ2) is 4.21. The molecule has 1 heterocycles. The van der Waals surface area contributed by atoms with E-state index in [0.717, 1.165) is 0 Å². The van der Waals surface area contributed by atoms with Gasteiger partial charge >= 0.3 is 12.1 Å². The third-order valence-corrected chi connectivity index (χ3v) is 2.14. The predicted molar refractivity (Wildman–Crippen MR) is 54.6 cm³/mol. The fraction of sp³-hybridized carbons (Fsp3) is 0.200. The van der Waals surface area contributed by atoms with Crippen LogP contribution in [0.2, 0.25) is 0 Å². The number of carboxylic acids is 1. The largest absolute Gasteiger partial charge is 0.484 e. The molecule has 0 spiro atoms. The highest BCUT2D eigenvalue weighted by atomic mass is 19.4. The zero-order valence-corrected chi connectivity index (χ0v) is 8.78. The summed E-state index contributed by atoms with van der Waals surface area (Å²) in [6.45, 7) is -1.40. The first-order chi connectivity index (χ1) is 8.37. The number of fused-ring (bicyclic) bond motifs is 1. The fourth-order valence-electron chi connectivity index (χ4n) is 1.42. The predicted octanol–water partition coefficient (Wildman–Crippen LogP) is 2.20. The smallest absolute Gasteiger partial charge is 0.422 e. The maximum atomic E-state index is 11.9. The quantitative estimate of drug-likeness (QED) is 0.887. The average Bonchev–Trinajstić information content (AvgIpc) is 2.68. The van der Waals surface area contributed by atoms with Gasteiger partial charge in [0.2, 0.25) is 0 Å². The van der Waals surface area contributed by atoms with Crippen LogP contribution >= 0.6 is 0 Å². The maximum Gasteiger partial charge on any atom is 0.422 e. The molecule has 18 heavy (non-hydrogen) atoms. The Balaban J connectivity index is 2.26. The van der Waals surface area contributed by atoms with E-state index in [1.165, 1.54) is 18.2 Å². The molecule has 0 radical (unpaired) electrons. The standard InChI is InChI=1S/C10H7F3N2O3/c11-10(12,13)4-18-5-1-2-6-7(3-5)14-15-8(6)9(16)17/h1-3H,4H2,(H,14,15)(H,16,17). The van der Waals surface area contributed by atoms with Crippen molar-refractivity contribution in [1.29, 1.82) is 0 Å². The Hall–Kier alpha value is -2.25. The first-order valence-corrected chi connectivity index (χ1v) is 4.78. The summed E-state index contributed by atoms with van der Waals surface area (Å²) in [5.41, 5.74) is 0.111. The molecule has 8 heteroatoms. The van der Waals surface area contributed by atoms with E-state index in [4.69, 9.17) is 5.11 Å². The van der Waals surface area contributed by atoms with Gasteiger partial charge in [0, 0.05) is 11.5 Å². The molecule has 96 valence electrons. The van der Waals surface area contributed by atoms with E-state index in [2.05, 4.69) is 14.9 Å². The summed E-state index contributed by atoms with van der Waals surface area (Å²) >= 11 is 0. The van der Waals surface area contributed by atoms with Gasteiger partial charge in [-0.15, -0.1) is 0 Å². The minimum Gasteiger partial charge on any atom is -0.484 e. The molecule has 0 aliphatic rings. The van der Waals surface area contributed by atoms with Gasteiger partial charge in [0.15, 0.2) is 12.3 Å². The highest BCUT2D eigenvalue weighted by molar-refractivity contribution is 6.01. The lowest BCUT2D eigenvalue weighted by molar-refractivity contribution is -0.153. The van der Waals surface area contributed by atoms with Gasteiger partial charge in [-0.1, -0.05) is 0 Å². The number of H-pyrrole nitrogens is 1. The van der Waals surface area contributed by atoms with Crippen molar-refractivity contribution in [1.82, 2.24) is 10.2 Å². The molecule has 0 saturated heterocycles. The van der Waals surface area contributed by atoms with Crippen LogP contribution in [0.3, 0.4) is 0 Å². The Bertz CT molecular complexity index is 592. The molecule has 0 fully saturated rings. The number of rotatable bonds is 3. The van der Waals surface area contributed by atoms with E-state index in [1.807, 2.05) is 0 Å². The maximum absolute atomic E-state index is 11.9. The Kier molecular flexibility index (Phi) is 2.85. The highest BCUT2D eigenvalue weighted by Crippen LogP contribution is 2.23. The number of carbonyl (C=O) groups is 1. The Morgan fingerprint density at radius 1 is 1.44 bits per heavy atom. The van der Waals surface area contributed by atoms with E-state index in [9.17, 15) is 18.0 Å². The van der Waals surface area contributed by atoms with Gasteiger partial charge < -0.3 is 9.84 Å². The lowest BCUT2D eigenvalue weighted by Crippen LogP contribution is -2.19. The van der Waals surface area contributed by atoms with Gasteiger partial charge in [0.25, 0.3) is 0 Å². The summed E-state index contributed by atoms with van der Waals surface area (Å²) in [7, 11) is 0. The molecule has 2 N–H and O–H groups in total. The third kappa shape index (κ3) is 2.53. The van der Waals surface area contributed by atoms with Crippen LogP contribution in [0, 0.1) is 0 Å². The normalized spacial score (nSPS) is 11.7. The van der Waals surface area contributed by atoms with Crippen LogP contribution in [0.15, 0.2) is 18.2 Å². The molecule has 1 aromatic carbocycles. The van der Waals surface area contributed by atoms with Crippen LogP contribution in [0.4, 0.5) is 13.2 Å². The SMILES string of the molecule is O=C(O)c1n[nH]c2cc(OCC(F)(F)F)ccc12. The summed E-state index contributed by atoms with van der Waals surface area (Å²) in [6, 6.07) is 3.87. The van der Waals surface area contributed by atoms with Crippen LogP contribution in [0.5, 0.6) is 5.75 Å². The number of aromatic carboxylic acids is 1. The molecular weight excluding hydrogens is 253 g/mol. The molecule has 5 nitrogen and oxygen atoms in total. The number of alkyl halides is 3. The molecule has 0 unspecified atom stereocenters. The number of aromatic amines is 1. The third-order valence-electron chi connectivity index (χ3n) is 2.14. The van der Waals surface area contributed by atoms with Crippen molar-refractivity contribution in [2.45, 2.75) is 6.18 Å². The second-order valence-electron chi connectivity index (χ2n) is 3.49. The van der Waals surface area contributed by atoms with Gasteiger partial charge in [0.1, 0.15) is 5.75 Å². The molecule has 2 rings (SSSR count). The lowest BCUT2D eigenvalue weighted by Gasteiger charge is -2.08. The Morgan fingerprint density at radius 3 is 2.78 bits per heavy atom. The number of ether oxygens (including phenoxy) is 1. The lowest BCUT2D eigenvalue weighted by atomic mass is 10.2. The number of aromatic nitrogens is 2. The number of carboxylic acid groups (broad SMARTS) is 1. The molecule has 0 bridgehead atoms. The van der Waals surface area contributed by atoms with E-state index < -0.39 is 18.8 Å².